The third kappa shape index (κ3) is 3.78. The Morgan fingerprint density at radius 2 is 2.16 bits per heavy atom. The molecule has 0 saturated heterocycles. The molecule has 0 bridgehead atoms. The first kappa shape index (κ1) is 14.0. The molecule has 1 aromatic carbocycles. The lowest BCUT2D eigenvalue weighted by Gasteiger charge is -2.14. The standard InChI is InChI=1S/C15H17BrN2O/c1-11(14-5-3-4-8-17-14)18-10-12-6-7-15(19-2)13(16)9-12/h3-9,11,18H,10H2,1-2H3/t11-/m0/s1. The van der Waals surface area contributed by atoms with E-state index in [9.17, 15) is 0 Å². The number of hydrogen-bond acceptors (Lipinski definition) is 3. The molecule has 0 spiro atoms. The first-order valence-electron chi connectivity index (χ1n) is 6.17. The SMILES string of the molecule is COc1ccc(CN[C@@H](C)c2ccccn2)cc1Br. The molecule has 0 unspecified atom stereocenters. The van der Waals surface area contributed by atoms with Gasteiger partial charge in [0.15, 0.2) is 0 Å². The fraction of sp³-hybridized carbons (Fsp3) is 0.267. The van der Waals surface area contributed by atoms with Crippen LogP contribution in [0.5, 0.6) is 5.75 Å². The van der Waals surface area contributed by atoms with Crippen LogP contribution < -0.4 is 10.1 Å². The summed E-state index contributed by atoms with van der Waals surface area (Å²) in [5.41, 5.74) is 2.26. The van der Waals surface area contributed by atoms with E-state index < -0.39 is 0 Å². The Labute approximate surface area is 122 Å². The number of nitrogens with one attached hydrogen (secondary N) is 1. The van der Waals surface area contributed by atoms with E-state index >= 15 is 0 Å². The number of hydrogen-bond donors (Lipinski definition) is 1. The third-order valence-electron chi connectivity index (χ3n) is 2.96. The van der Waals surface area contributed by atoms with Gasteiger partial charge in [-0.25, -0.2) is 0 Å². The van der Waals surface area contributed by atoms with E-state index in [-0.39, 0.29) is 6.04 Å². The van der Waals surface area contributed by atoms with E-state index in [0.717, 1.165) is 22.5 Å². The van der Waals surface area contributed by atoms with Crippen molar-refractivity contribution in [2.45, 2.75) is 19.5 Å². The highest BCUT2D eigenvalue weighted by molar-refractivity contribution is 9.10. The average Bonchev–Trinajstić information content (AvgIpc) is 2.46. The Bertz CT molecular complexity index is 531. The first-order chi connectivity index (χ1) is 9.20. The molecular formula is C15H17BrN2O. The molecule has 0 saturated carbocycles. The number of benzene rings is 1. The molecule has 4 heteroatoms. The fourth-order valence-electron chi connectivity index (χ4n) is 1.83. The van der Waals surface area contributed by atoms with Crippen molar-refractivity contribution in [3.8, 4) is 5.75 Å². The maximum absolute atomic E-state index is 5.22. The summed E-state index contributed by atoms with van der Waals surface area (Å²) < 4.78 is 6.19. The van der Waals surface area contributed by atoms with Gasteiger partial charge in [0.2, 0.25) is 0 Å². The van der Waals surface area contributed by atoms with E-state index in [4.69, 9.17) is 4.74 Å². The summed E-state index contributed by atoms with van der Waals surface area (Å²) >= 11 is 3.49. The van der Waals surface area contributed by atoms with Crippen molar-refractivity contribution in [3.05, 3.63) is 58.3 Å². The third-order valence-corrected chi connectivity index (χ3v) is 3.58. The molecule has 2 rings (SSSR count). The van der Waals surface area contributed by atoms with Gasteiger partial charge in [-0.2, -0.15) is 0 Å². The van der Waals surface area contributed by atoms with Crippen LogP contribution in [-0.4, -0.2) is 12.1 Å². The fourth-order valence-corrected chi connectivity index (χ4v) is 2.42. The topological polar surface area (TPSA) is 34.1 Å². The molecule has 1 aromatic heterocycles. The van der Waals surface area contributed by atoms with Crippen molar-refractivity contribution in [3.63, 3.8) is 0 Å². The van der Waals surface area contributed by atoms with Crippen molar-refractivity contribution in [2.75, 3.05) is 7.11 Å². The molecule has 1 atom stereocenters. The van der Waals surface area contributed by atoms with Crippen molar-refractivity contribution < 1.29 is 4.74 Å². The second-order valence-electron chi connectivity index (χ2n) is 4.33. The van der Waals surface area contributed by atoms with Gasteiger partial charge in [-0.15, -0.1) is 0 Å². The number of ether oxygens (including phenoxy) is 1. The van der Waals surface area contributed by atoms with Crippen LogP contribution in [0, 0.1) is 0 Å². The molecule has 3 nitrogen and oxygen atoms in total. The Hall–Kier alpha value is -1.39. The molecule has 0 amide bonds. The molecule has 100 valence electrons. The van der Waals surface area contributed by atoms with Crippen LogP contribution in [0.15, 0.2) is 47.1 Å². The molecule has 1 N–H and O–H groups in total. The molecule has 19 heavy (non-hydrogen) atoms. The molecule has 0 radical (unpaired) electrons. The van der Waals surface area contributed by atoms with E-state index in [0.29, 0.717) is 0 Å². The maximum atomic E-state index is 5.22. The van der Waals surface area contributed by atoms with Crippen LogP contribution in [0.25, 0.3) is 0 Å². The number of halogens is 1. The van der Waals surface area contributed by atoms with Crippen molar-refractivity contribution in [1.82, 2.24) is 10.3 Å². The summed E-state index contributed by atoms with van der Waals surface area (Å²) in [6.07, 6.45) is 1.82. The summed E-state index contributed by atoms with van der Waals surface area (Å²) in [5.74, 6) is 0.849. The van der Waals surface area contributed by atoms with Gasteiger partial charge in [-0.3, -0.25) is 4.98 Å². The highest BCUT2D eigenvalue weighted by Gasteiger charge is 2.06. The predicted octanol–water partition coefficient (Wildman–Crippen LogP) is 3.70. The minimum absolute atomic E-state index is 0.224. The van der Waals surface area contributed by atoms with Crippen LogP contribution in [0.4, 0.5) is 0 Å². The number of aromatic nitrogens is 1. The van der Waals surface area contributed by atoms with Gasteiger partial charge in [-0.05, 0) is 52.7 Å². The first-order valence-corrected chi connectivity index (χ1v) is 6.96. The van der Waals surface area contributed by atoms with Gasteiger partial charge < -0.3 is 10.1 Å². The van der Waals surface area contributed by atoms with Crippen molar-refractivity contribution in [2.24, 2.45) is 0 Å². The zero-order chi connectivity index (χ0) is 13.7. The van der Waals surface area contributed by atoms with Crippen LogP contribution in [0.3, 0.4) is 0 Å². The molecule has 1 heterocycles. The van der Waals surface area contributed by atoms with Crippen LogP contribution >= 0.6 is 15.9 Å². The highest BCUT2D eigenvalue weighted by Crippen LogP contribution is 2.25. The highest BCUT2D eigenvalue weighted by atomic mass is 79.9. The minimum atomic E-state index is 0.224. The summed E-state index contributed by atoms with van der Waals surface area (Å²) in [7, 11) is 1.67. The molecule has 0 aliphatic rings. The lowest BCUT2D eigenvalue weighted by molar-refractivity contribution is 0.412. The average molecular weight is 321 g/mol. The lowest BCUT2D eigenvalue weighted by atomic mass is 10.1. The summed E-state index contributed by atoms with van der Waals surface area (Å²) in [6, 6.07) is 12.3. The number of rotatable bonds is 5. The van der Waals surface area contributed by atoms with Crippen molar-refractivity contribution >= 4 is 15.9 Å². The van der Waals surface area contributed by atoms with E-state index in [1.807, 2.05) is 30.5 Å². The molecular weight excluding hydrogens is 304 g/mol. The monoisotopic (exact) mass is 320 g/mol. The van der Waals surface area contributed by atoms with Gasteiger partial charge in [0.1, 0.15) is 5.75 Å². The van der Waals surface area contributed by atoms with E-state index in [1.165, 1.54) is 5.56 Å². The van der Waals surface area contributed by atoms with Gasteiger partial charge in [0, 0.05) is 18.8 Å². The van der Waals surface area contributed by atoms with Crippen molar-refractivity contribution in [1.29, 1.82) is 0 Å². The molecule has 0 aliphatic heterocycles. The van der Waals surface area contributed by atoms with E-state index in [2.05, 4.69) is 45.3 Å². The predicted molar refractivity (Wildman–Crippen MR) is 80.2 cm³/mol. The van der Waals surface area contributed by atoms with E-state index in [1.54, 1.807) is 7.11 Å². The minimum Gasteiger partial charge on any atom is -0.496 e. The van der Waals surface area contributed by atoms with Gasteiger partial charge in [-0.1, -0.05) is 12.1 Å². The summed E-state index contributed by atoms with van der Waals surface area (Å²) in [6.45, 7) is 2.90. The zero-order valence-corrected chi connectivity index (χ0v) is 12.6. The summed E-state index contributed by atoms with van der Waals surface area (Å²) in [4.78, 5) is 4.34. The summed E-state index contributed by atoms with van der Waals surface area (Å²) in [5, 5.41) is 3.46. The van der Waals surface area contributed by atoms with Crippen LogP contribution in [0.1, 0.15) is 24.2 Å². The number of pyridine rings is 1. The Morgan fingerprint density at radius 1 is 1.32 bits per heavy atom. The normalized spacial score (nSPS) is 12.2. The Morgan fingerprint density at radius 3 is 2.79 bits per heavy atom. The molecule has 0 aliphatic carbocycles. The Balaban J connectivity index is 1.97. The van der Waals surface area contributed by atoms with Gasteiger partial charge >= 0.3 is 0 Å². The van der Waals surface area contributed by atoms with Gasteiger partial charge in [0.05, 0.1) is 17.3 Å². The second-order valence-corrected chi connectivity index (χ2v) is 5.18. The Kier molecular flexibility index (Phi) is 4.93. The largest absolute Gasteiger partial charge is 0.496 e. The number of methoxy groups -OCH3 is 1. The molecule has 2 aromatic rings. The molecule has 0 fully saturated rings. The quantitative estimate of drug-likeness (QED) is 0.912. The zero-order valence-electron chi connectivity index (χ0n) is 11.1. The second kappa shape index (κ2) is 6.68. The van der Waals surface area contributed by atoms with Crippen LogP contribution in [0.2, 0.25) is 0 Å². The number of nitrogens with zero attached hydrogens (tertiary/aromatic N) is 1. The van der Waals surface area contributed by atoms with Crippen LogP contribution in [-0.2, 0) is 6.54 Å². The van der Waals surface area contributed by atoms with Gasteiger partial charge in [0.25, 0.3) is 0 Å². The lowest BCUT2D eigenvalue weighted by Crippen LogP contribution is -2.18. The maximum Gasteiger partial charge on any atom is 0.133 e. The smallest absolute Gasteiger partial charge is 0.133 e.